The Hall–Kier alpha value is -4.13. The second-order valence-corrected chi connectivity index (χ2v) is 6.16. The van der Waals surface area contributed by atoms with Gasteiger partial charge in [-0.1, -0.05) is 0 Å². The molecule has 3 aromatic rings. The van der Waals surface area contributed by atoms with Crippen LogP contribution in [0.2, 0.25) is 0 Å². The fourth-order valence-electron chi connectivity index (χ4n) is 2.08. The summed E-state index contributed by atoms with van der Waals surface area (Å²) in [4.78, 5) is 32.0. The van der Waals surface area contributed by atoms with E-state index in [9.17, 15) is 30.0 Å². The van der Waals surface area contributed by atoms with E-state index >= 15 is 0 Å². The van der Waals surface area contributed by atoms with Gasteiger partial charge in [0.25, 0.3) is 0 Å². The van der Waals surface area contributed by atoms with Crippen molar-refractivity contribution in [3.05, 3.63) is 105 Å². The second-order valence-electron chi connectivity index (χ2n) is 6.16. The summed E-state index contributed by atoms with van der Waals surface area (Å²) >= 11 is 0. The number of hydroxylamine groups is 3. The quantitative estimate of drug-likeness (QED) is 0.170. The summed E-state index contributed by atoms with van der Waals surface area (Å²) in [6, 6.07) is 18.3. The van der Waals surface area contributed by atoms with Crippen molar-refractivity contribution in [1.29, 1.82) is 0 Å². The number of carbonyl (C=O) groups excluding carboxylic acids is 3. The summed E-state index contributed by atoms with van der Waals surface area (Å²) < 4.78 is 0. The van der Waals surface area contributed by atoms with E-state index in [-0.39, 0.29) is 17.1 Å². The number of hydrogen-bond acceptors (Lipinski definition) is 9. The van der Waals surface area contributed by atoms with Crippen LogP contribution in [0.4, 0.5) is 17.1 Å². The van der Waals surface area contributed by atoms with Gasteiger partial charge in [-0.25, -0.2) is 0 Å². The Morgan fingerprint density at radius 3 is 0.794 bits per heavy atom. The van der Waals surface area contributed by atoms with Gasteiger partial charge in [0.15, 0.2) is 0 Å². The molecule has 0 saturated carbocycles. The Bertz CT molecular complexity index is 910. The van der Waals surface area contributed by atoms with Crippen molar-refractivity contribution in [1.82, 2.24) is 16.4 Å². The number of nitrogen functional groups attached to an aromatic ring is 3. The van der Waals surface area contributed by atoms with Gasteiger partial charge >= 0.3 is 17.1 Å². The van der Waals surface area contributed by atoms with Gasteiger partial charge in [0, 0.05) is 33.8 Å². The van der Waals surface area contributed by atoms with E-state index in [2.05, 4.69) is 0 Å². The van der Waals surface area contributed by atoms with Crippen LogP contribution in [0.3, 0.4) is 0 Å². The Morgan fingerprint density at radius 1 is 0.471 bits per heavy atom. The van der Waals surface area contributed by atoms with Gasteiger partial charge in [-0.05, 0) is 72.8 Å². The summed E-state index contributed by atoms with van der Waals surface area (Å²) in [6.45, 7) is 0. The molecule has 0 saturated heterocycles. The van der Waals surface area contributed by atoms with Gasteiger partial charge in [-0.2, -0.15) is 0 Å². The first kappa shape index (κ1) is 29.9. The largest absolute Gasteiger partial charge is 3.00 e. The Labute approximate surface area is 205 Å². The molecule has 0 spiro atoms. The van der Waals surface area contributed by atoms with Gasteiger partial charge in [-0.3, -0.25) is 14.4 Å². The van der Waals surface area contributed by atoms with Crippen molar-refractivity contribution < 1.29 is 31.5 Å². The molecular weight excluding hydrogens is 488 g/mol. The topological polar surface area (TPSA) is 235 Å². The van der Waals surface area contributed by atoms with Gasteiger partial charge in [0.1, 0.15) is 0 Å². The van der Waals surface area contributed by atoms with Crippen LogP contribution in [-0.2, 0) is 17.1 Å². The average Bonchev–Trinajstić information content (AvgIpc) is 2.84. The summed E-state index contributed by atoms with van der Waals surface area (Å²) in [7, 11) is 0. The number of benzene rings is 3. The number of carbonyl (C=O) groups is 3. The zero-order chi connectivity index (χ0) is 24.8. The fraction of sp³-hybridized carbons (Fsp3) is 0. The number of nitrogens with one attached hydrogen (secondary N) is 3. The summed E-state index contributed by atoms with van der Waals surface area (Å²) in [5.41, 5.74) is 22.5. The molecule has 3 aromatic carbocycles. The molecule has 0 aliphatic heterocycles. The smallest absolute Gasteiger partial charge is 0.759 e. The second kappa shape index (κ2) is 15.6. The first-order valence-corrected chi connectivity index (χ1v) is 9.05. The SMILES string of the molecule is Nc1ccc(C(=O)N[O-])cc1.Nc1ccc(C(=O)N[O-])cc1.Nc1ccc(C(=O)N[O-])cc1.[Fe+3]. The molecule has 3 amide bonds. The molecule has 179 valence electrons. The molecule has 0 bridgehead atoms. The van der Waals surface area contributed by atoms with E-state index in [1.54, 1.807) is 36.4 Å². The first-order chi connectivity index (χ1) is 15.7. The van der Waals surface area contributed by atoms with E-state index in [1.807, 2.05) is 0 Å². The van der Waals surface area contributed by atoms with Crippen molar-refractivity contribution in [3.63, 3.8) is 0 Å². The Morgan fingerprint density at radius 2 is 0.647 bits per heavy atom. The number of anilines is 3. The number of nitrogens with two attached hydrogens (primary N) is 3. The van der Waals surface area contributed by atoms with Gasteiger partial charge in [0.05, 0.1) is 0 Å². The third-order valence-electron chi connectivity index (χ3n) is 3.80. The van der Waals surface area contributed by atoms with Crippen LogP contribution in [0, 0.1) is 15.6 Å². The van der Waals surface area contributed by atoms with Gasteiger partial charge < -0.3 is 49.3 Å². The van der Waals surface area contributed by atoms with Gasteiger partial charge in [-0.15, -0.1) is 0 Å². The molecule has 1 radical (unpaired) electrons. The molecule has 13 heteroatoms. The Balaban J connectivity index is 0.000000473. The zero-order valence-corrected chi connectivity index (χ0v) is 18.6. The Kier molecular flexibility index (Phi) is 13.7. The number of hydrogen-bond donors (Lipinski definition) is 6. The molecule has 0 aliphatic rings. The minimum Gasteiger partial charge on any atom is -0.759 e. The molecule has 12 nitrogen and oxygen atoms in total. The maximum atomic E-state index is 10.7. The van der Waals surface area contributed by atoms with E-state index in [1.165, 1.54) is 52.8 Å². The number of amides is 3. The van der Waals surface area contributed by atoms with E-state index in [0.717, 1.165) is 0 Å². The standard InChI is InChI=1S/3C7H7N2O2.Fe/c3*8-6-3-1-5(2-4-6)7(10)9-11;/h3*1-4H,(H3-,8,9,10,11);/q3*-1;+3. The zero-order valence-electron chi connectivity index (χ0n) is 17.5. The molecule has 0 aliphatic carbocycles. The fourth-order valence-corrected chi connectivity index (χ4v) is 2.08. The van der Waals surface area contributed by atoms with Crippen LogP contribution in [-0.4, -0.2) is 17.7 Å². The molecule has 0 heterocycles. The van der Waals surface area contributed by atoms with Crippen molar-refractivity contribution in [2.45, 2.75) is 0 Å². The summed E-state index contributed by atoms with van der Waals surface area (Å²) in [6.07, 6.45) is 0. The van der Waals surface area contributed by atoms with Crippen LogP contribution in [0.5, 0.6) is 0 Å². The maximum absolute atomic E-state index is 10.7. The first-order valence-electron chi connectivity index (χ1n) is 9.05. The molecule has 9 N–H and O–H groups in total. The van der Waals surface area contributed by atoms with Crippen LogP contribution in [0.1, 0.15) is 31.1 Å². The minimum atomic E-state index is -0.648. The van der Waals surface area contributed by atoms with Crippen LogP contribution in [0.15, 0.2) is 72.8 Å². The van der Waals surface area contributed by atoms with Crippen molar-refractivity contribution >= 4 is 34.8 Å². The molecule has 0 aromatic heterocycles. The van der Waals surface area contributed by atoms with Gasteiger partial charge in [0.2, 0.25) is 17.7 Å². The molecular formula is C21H21FeN6O6. The van der Waals surface area contributed by atoms with Crippen molar-refractivity contribution in [2.75, 3.05) is 17.2 Å². The van der Waals surface area contributed by atoms with Crippen molar-refractivity contribution in [3.8, 4) is 0 Å². The predicted octanol–water partition coefficient (Wildman–Crippen LogP) is 1.49. The predicted molar refractivity (Wildman–Crippen MR) is 125 cm³/mol. The number of rotatable bonds is 3. The molecule has 34 heavy (non-hydrogen) atoms. The van der Waals surface area contributed by atoms with E-state index in [0.29, 0.717) is 33.8 Å². The van der Waals surface area contributed by atoms with E-state index < -0.39 is 17.7 Å². The minimum absolute atomic E-state index is 0. The third-order valence-corrected chi connectivity index (χ3v) is 3.80. The normalized spacial score (nSPS) is 8.91. The monoisotopic (exact) mass is 509 g/mol. The molecule has 0 fully saturated rings. The third kappa shape index (κ3) is 10.5. The van der Waals surface area contributed by atoms with Crippen LogP contribution >= 0.6 is 0 Å². The van der Waals surface area contributed by atoms with Crippen molar-refractivity contribution in [2.24, 2.45) is 0 Å². The van der Waals surface area contributed by atoms with Crippen LogP contribution in [0.25, 0.3) is 0 Å². The van der Waals surface area contributed by atoms with E-state index in [4.69, 9.17) is 17.2 Å². The summed E-state index contributed by atoms with van der Waals surface area (Å²) in [5, 5.41) is 29.7. The molecule has 0 unspecified atom stereocenters. The summed E-state index contributed by atoms with van der Waals surface area (Å²) in [5.74, 6) is -1.94. The van der Waals surface area contributed by atoms with Crippen LogP contribution < -0.4 is 33.6 Å². The molecule has 0 atom stereocenters. The average molecular weight is 509 g/mol. The molecule has 3 rings (SSSR count). The maximum Gasteiger partial charge on any atom is 3.00 e.